The lowest BCUT2D eigenvalue weighted by Crippen LogP contribution is -2.35. The molecule has 0 amide bonds. The van der Waals surface area contributed by atoms with Gasteiger partial charge in [0.2, 0.25) is 0 Å². The number of para-hydroxylation sites is 1. The van der Waals surface area contributed by atoms with Gasteiger partial charge in [0.05, 0.1) is 5.56 Å². The lowest BCUT2D eigenvalue weighted by Gasteiger charge is -2.29. The number of benzene rings is 1. The minimum Gasteiger partial charge on any atom is -0.490 e. The Morgan fingerprint density at radius 2 is 1.94 bits per heavy atom. The maximum absolute atomic E-state index is 11.5. The summed E-state index contributed by atoms with van der Waals surface area (Å²) in [5.41, 5.74) is 0.687. The van der Waals surface area contributed by atoms with Gasteiger partial charge in [-0.2, -0.15) is 0 Å². The largest absolute Gasteiger partial charge is 0.490 e. The first-order valence-corrected chi connectivity index (χ1v) is 6.12. The summed E-state index contributed by atoms with van der Waals surface area (Å²) in [7, 11) is 2.12. The quantitative estimate of drug-likeness (QED) is 0.751. The number of ether oxygens (including phenoxy) is 1. The highest BCUT2D eigenvalue weighted by atomic mass is 16.5. The molecule has 3 nitrogen and oxygen atoms in total. The van der Waals surface area contributed by atoms with Crippen LogP contribution in [0.25, 0.3) is 0 Å². The number of carbonyl (C=O) groups is 1. The van der Waals surface area contributed by atoms with Crippen molar-refractivity contribution in [1.82, 2.24) is 4.90 Å². The van der Waals surface area contributed by atoms with Gasteiger partial charge in [-0.15, -0.1) is 0 Å². The molecule has 1 saturated heterocycles. The summed E-state index contributed by atoms with van der Waals surface area (Å²) in [6, 6.07) is 7.50. The number of piperidine rings is 1. The van der Waals surface area contributed by atoms with E-state index >= 15 is 0 Å². The van der Waals surface area contributed by atoms with Crippen LogP contribution in [0, 0.1) is 0 Å². The van der Waals surface area contributed by atoms with Crippen molar-refractivity contribution in [2.45, 2.75) is 25.9 Å². The van der Waals surface area contributed by atoms with Gasteiger partial charge in [0.1, 0.15) is 11.9 Å². The van der Waals surface area contributed by atoms with Crippen molar-refractivity contribution in [3.05, 3.63) is 29.8 Å². The molecule has 1 heterocycles. The van der Waals surface area contributed by atoms with E-state index in [0.29, 0.717) is 5.56 Å². The van der Waals surface area contributed by atoms with E-state index in [1.807, 2.05) is 24.3 Å². The van der Waals surface area contributed by atoms with Crippen LogP contribution in [0.15, 0.2) is 24.3 Å². The average Bonchev–Trinajstić information content (AvgIpc) is 2.32. The Kier molecular flexibility index (Phi) is 3.79. The number of carbonyl (C=O) groups excluding carboxylic acids is 1. The molecule has 0 saturated carbocycles. The smallest absolute Gasteiger partial charge is 0.163 e. The Morgan fingerprint density at radius 1 is 1.29 bits per heavy atom. The molecule has 0 radical (unpaired) electrons. The van der Waals surface area contributed by atoms with Crippen LogP contribution in [0.3, 0.4) is 0 Å². The van der Waals surface area contributed by atoms with Crippen LogP contribution in [0.1, 0.15) is 30.1 Å². The maximum Gasteiger partial charge on any atom is 0.163 e. The molecule has 0 aromatic heterocycles. The molecule has 1 aromatic rings. The molecule has 0 unspecified atom stereocenters. The van der Waals surface area contributed by atoms with Crippen molar-refractivity contribution >= 4 is 5.78 Å². The molecule has 0 N–H and O–H groups in total. The van der Waals surface area contributed by atoms with Crippen molar-refractivity contribution in [3.63, 3.8) is 0 Å². The number of hydrogen-bond donors (Lipinski definition) is 0. The molecule has 1 aliphatic rings. The molecule has 3 heteroatoms. The number of Topliss-reactive ketones (excluding diaryl/α,β-unsaturated/α-hetero) is 1. The van der Waals surface area contributed by atoms with Gasteiger partial charge in [0, 0.05) is 13.1 Å². The van der Waals surface area contributed by atoms with Gasteiger partial charge in [-0.3, -0.25) is 4.79 Å². The molecule has 0 spiro atoms. The van der Waals surface area contributed by atoms with E-state index < -0.39 is 0 Å². The van der Waals surface area contributed by atoms with E-state index in [2.05, 4.69) is 11.9 Å². The highest BCUT2D eigenvalue weighted by Crippen LogP contribution is 2.23. The first-order valence-electron chi connectivity index (χ1n) is 6.12. The molecule has 0 atom stereocenters. The second-order valence-corrected chi connectivity index (χ2v) is 4.67. The first-order chi connectivity index (χ1) is 8.16. The fourth-order valence-electron chi connectivity index (χ4n) is 2.14. The first kappa shape index (κ1) is 12.1. The van der Waals surface area contributed by atoms with Gasteiger partial charge in [-0.1, -0.05) is 12.1 Å². The van der Waals surface area contributed by atoms with Crippen molar-refractivity contribution in [1.29, 1.82) is 0 Å². The minimum absolute atomic E-state index is 0.0635. The molecular weight excluding hydrogens is 214 g/mol. The van der Waals surface area contributed by atoms with Gasteiger partial charge in [-0.05, 0) is 38.9 Å². The lowest BCUT2D eigenvalue weighted by molar-refractivity contribution is 0.0981. The molecule has 1 aliphatic heterocycles. The zero-order valence-corrected chi connectivity index (χ0v) is 10.5. The number of hydrogen-bond acceptors (Lipinski definition) is 3. The van der Waals surface area contributed by atoms with Gasteiger partial charge in [0.15, 0.2) is 5.78 Å². The van der Waals surface area contributed by atoms with Crippen LogP contribution in [-0.2, 0) is 0 Å². The third-order valence-corrected chi connectivity index (χ3v) is 3.23. The van der Waals surface area contributed by atoms with E-state index in [1.54, 1.807) is 6.92 Å². The topological polar surface area (TPSA) is 29.5 Å². The minimum atomic E-state index is 0.0635. The predicted octanol–water partition coefficient (Wildman–Crippen LogP) is 2.36. The van der Waals surface area contributed by atoms with Gasteiger partial charge >= 0.3 is 0 Å². The number of ketones is 1. The van der Waals surface area contributed by atoms with Gasteiger partial charge < -0.3 is 9.64 Å². The number of nitrogens with zero attached hydrogens (tertiary/aromatic N) is 1. The molecule has 1 fully saturated rings. The van der Waals surface area contributed by atoms with E-state index in [9.17, 15) is 4.79 Å². The van der Waals surface area contributed by atoms with E-state index in [1.165, 1.54) is 0 Å². The molecule has 17 heavy (non-hydrogen) atoms. The monoisotopic (exact) mass is 233 g/mol. The van der Waals surface area contributed by atoms with Crippen LogP contribution >= 0.6 is 0 Å². The predicted molar refractivity (Wildman–Crippen MR) is 67.6 cm³/mol. The number of rotatable bonds is 3. The van der Waals surface area contributed by atoms with E-state index in [0.717, 1.165) is 31.7 Å². The van der Waals surface area contributed by atoms with Crippen molar-refractivity contribution in [2.75, 3.05) is 20.1 Å². The molecular formula is C14H19NO2. The molecule has 92 valence electrons. The third-order valence-electron chi connectivity index (χ3n) is 3.23. The summed E-state index contributed by atoms with van der Waals surface area (Å²) in [6.45, 7) is 3.71. The van der Waals surface area contributed by atoms with Gasteiger partial charge in [-0.25, -0.2) is 0 Å². The molecule has 0 aliphatic carbocycles. The standard InChI is InChI=1S/C14H19NO2/c1-11(16)13-5-3-4-6-14(13)17-12-7-9-15(2)10-8-12/h3-6,12H,7-10H2,1-2H3. The van der Waals surface area contributed by atoms with Crippen LogP contribution < -0.4 is 4.74 Å². The normalized spacial score (nSPS) is 18.0. The fraction of sp³-hybridized carbons (Fsp3) is 0.500. The zero-order valence-electron chi connectivity index (χ0n) is 10.5. The van der Waals surface area contributed by atoms with Crippen molar-refractivity contribution < 1.29 is 9.53 Å². The van der Waals surface area contributed by atoms with Crippen LogP contribution in [-0.4, -0.2) is 36.9 Å². The zero-order chi connectivity index (χ0) is 12.3. The molecule has 0 bridgehead atoms. The average molecular weight is 233 g/mol. The number of likely N-dealkylation sites (tertiary alicyclic amines) is 1. The Balaban J connectivity index is 2.05. The summed E-state index contributed by atoms with van der Waals surface area (Å²) in [4.78, 5) is 13.8. The summed E-state index contributed by atoms with van der Waals surface area (Å²) in [5, 5.41) is 0. The summed E-state index contributed by atoms with van der Waals surface area (Å²) in [5.74, 6) is 0.795. The second kappa shape index (κ2) is 5.32. The summed E-state index contributed by atoms with van der Waals surface area (Å²) >= 11 is 0. The fourth-order valence-corrected chi connectivity index (χ4v) is 2.14. The SMILES string of the molecule is CC(=O)c1ccccc1OC1CCN(C)CC1. The van der Waals surface area contributed by atoms with Crippen LogP contribution in [0.4, 0.5) is 0 Å². The Morgan fingerprint density at radius 3 is 2.59 bits per heavy atom. The van der Waals surface area contributed by atoms with E-state index in [4.69, 9.17) is 4.74 Å². The second-order valence-electron chi connectivity index (χ2n) is 4.67. The van der Waals surface area contributed by atoms with Crippen LogP contribution in [0.5, 0.6) is 5.75 Å². The van der Waals surface area contributed by atoms with Crippen LogP contribution in [0.2, 0.25) is 0 Å². The Labute approximate surface area is 102 Å². The van der Waals surface area contributed by atoms with Crippen molar-refractivity contribution in [2.24, 2.45) is 0 Å². The van der Waals surface area contributed by atoms with Gasteiger partial charge in [0.25, 0.3) is 0 Å². The molecule has 2 rings (SSSR count). The highest BCUT2D eigenvalue weighted by molar-refractivity contribution is 5.96. The van der Waals surface area contributed by atoms with Crippen molar-refractivity contribution in [3.8, 4) is 5.75 Å². The molecule has 1 aromatic carbocycles. The lowest BCUT2D eigenvalue weighted by atomic mass is 10.1. The summed E-state index contributed by atoms with van der Waals surface area (Å²) < 4.78 is 5.95. The van der Waals surface area contributed by atoms with E-state index in [-0.39, 0.29) is 11.9 Å². The summed E-state index contributed by atoms with van der Waals surface area (Å²) in [6.07, 6.45) is 2.30. The Hall–Kier alpha value is -1.35. The Bertz CT molecular complexity index is 395. The maximum atomic E-state index is 11.5. The third kappa shape index (κ3) is 3.07. The highest BCUT2D eigenvalue weighted by Gasteiger charge is 2.19.